The average molecular weight is 368 g/mol. The highest BCUT2D eigenvalue weighted by Gasteiger charge is 2.29. The number of rotatable bonds is 4. The first-order valence-corrected chi connectivity index (χ1v) is 9.68. The van der Waals surface area contributed by atoms with Gasteiger partial charge in [-0.2, -0.15) is 9.47 Å². The maximum absolute atomic E-state index is 4.78. The standard InChI is InChI=1S/C17H20N8S/c1-23-11-13(8-19-23)14-9-18-10-15(20-14)24-4-6-25(7-5-24)17-21-16(22-26-17)12-2-3-12/h8-12H,2-7H2,1H3. The third kappa shape index (κ3) is 3.03. The lowest BCUT2D eigenvalue weighted by Crippen LogP contribution is -2.46. The summed E-state index contributed by atoms with van der Waals surface area (Å²) in [5.41, 5.74) is 1.85. The van der Waals surface area contributed by atoms with Crippen LogP contribution in [0.3, 0.4) is 0 Å². The highest BCUT2D eigenvalue weighted by atomic mass is 32.1. The molecule has 4 heterocycles. The van der Waals surface area contributed by atoms with E-state index in [0.717, 1.165) is 54.2 Å². The number of nitrogens with zero attached hydrogens (tertiary/aromatic N) is 8. The number of aryl methyl sites for hydroxylation is 1. The number of hydrogen-bond donors (Lipinski definition) is 0. The Labute approximate surface area is 155 Å². The predicted molar refractivity (Wildman–Crippen MR) is 101 cm³/mol. The van der Waals surface area contributed by atoms with Gasteiger partial charge in [0, 0.05) is 62.4 Å². The molecule has 8 nitrogen and oxygen atoms in total. The SMILES string of the molecule is Cn1cc(-c2cncc(N3CCN(c4nc(C5CC5)ns4)CC3)n2)cn1. The number of piperazine rings is 1. The monoisotopic (exact) mass is 368 g/mol. The van der Waals surface area contributed by atoms with Gasteiger partial charge in [0.2, 0.25) is 5.13 Å². The van der Waals surface area contributed by atoms with Crippen molar-refractivity contribution in [1.29, 1.82) is 0 Å². The van der Waals surface area contributed by atoms with Gasteiger partial charge in [0.15, 0.2) is 0 Å². The van der Waals surface area contributed by atoms with Gasteiger partial charge in [-0.05, 0) is 12.8 Å². The van der Waals surface area contributed by atoms with Crippen LogP contribution in [0, 0.1) is 0 Å². The molecule has 2 aliphatic rings. The smallest absolute Gasteiger partial charge is 0.205 e. The average Bonchev–Trinajstić information content (AvgIpc) is 3.24. The van der Waals surface area contributed by atoms with Crippen molar-refractivity contribution in [1.82, 2.24) is 29.1 Å². The van der Waals surface area contributed by atoms with E-state index < -0.39 is 0 Å². The van der Waals surface area contributed by atoms with E-state index in [9.17, 15) is 0 Å². The minimum Gasteiger partial charge on any atom is -0.352 e. The second-order valence-electron chi connectivity index (χ2n) is 6.85. The van der Waals surface area contributed by atoms with Gasteiger partial charge in [-0.25, -0.2) is 9.97 Å². The summed E-state index contributed by atoms with van der Waals surface area (Å²) in [6, 6.07) is 0. The zero-order valence-electron chi connectivity index (χ0n) is 14.6. The summed E-state index contributed by atoms with van der Waals surface area (Å²) in [6.07, 6.45) is 9.90. The van der Waals surface area contributed by atoms with Crippen molar-refractivity contribution in [2.24, 2.45) is 7.05 Å². The molecule has 26 heavy (non-hydrogen) atoms. The van der Waals surface area contributed by atoms with Crippen LogP contribution < -0.4 is 9.80 Å². The van der Waals surface area contributed by atoms with E-state index in [0.29, 0.717) is 5.92 Å². The Hall–Kier alpha value is -2.55. The number of aromatic nitrogens is 6. The second-order valence-corrected chi connectivity index (χ2v) is 7.58. The molecular weight excluding hydrogens is 348 g/mol. The molecule has 9 heteroatoms. The van der Waals surface area contributed by atoms with Crippen LogP contribution in [0.2, 0.25) is 0 Å². The minimum atomic E-state index is 0.617. The second kappa shape index (κ2) is 6.31. The molecule has 0 radical (unpaired) electrons. The van der Waals surface area contributed by atoms with Crippen LogP contribution >= 0.6 is 11.5 Å². The molecule has 5 rings (SSSR count). The molecule has 3 aromatic rings. The molecule has 134 valence electrons. The lowest BCUT2D eigenvalue weighted by molar-refractivity contribution is 0.644. The van der Waals surface area contributed by atoms with Crippen molar-refractivity contribution >= 4 is 22.5 Å². The van der Waals surface area contributed by atoms with Gasteiger partial charge < -0.3 is 9.80 Å². The molecule has 1 aliphatic heterocycles. The normalized spacial score (nSPS) is 17.7. The summed E-state index contributed by atoms with van der Waals surface area (Å²) in [6.45, 7) is 3.67. The quantitative estimate of drug-likeness (QED) is 0.696. The fourth-order valence-electron chi connectivity index (χ4n) is 3.19. The molecular formula is C17H20N8S. The molecule has 1 saturated heterocycles. The summed E-state index contributed by atoms with van der Waals surface area (Å²) in [7, 11) is 1.90. The van der Waals surface area contributed by atoms with Gasteiger partial charge in [0.05, 0.1) is 24.3 Å². The Morgan fingerprint density at radius 2 is 1.81 bits per heavy atom. The number of hydrogen-bond acceptors (Lipinski definition) is 8. The van der Waals surface area contributed by atoms with Crippen molar-refractivity contribution in [3.05, 3.63) is 30.6 Å². The van der Waals surface area contributed by atoms with Crippen LogP contribution in [-0.2, 0) is 7.05 Å². The zero-order valence-corrected chi connectivity index (χ0v) is 15.4. The molecule has 0 atom stereocenters. The third-order valence-corrected chi connectivity index (χ3v) is 5.66. The van der Waals surface area contributed by atoms with Gasteiger partial charge in [-0.1, -0.05) is 0 Å². The third-order valence-electron chi connectivity index (χ3n) is 4.87. The van der Waals surface area contributed by atoms with Crippen LogP contribution in [0.25, 0.3) is 11.3 Å². The zero-order chi connectivity index (χ0) is 17.5. The van der Waals surface area contributed by atoms with Crippen LogP contribution in [0.5, 0.6) is 0 Å². The molecule has 0 spiro atoms. The first-order chi connectivity index (χ1) is 12.8. The lowest BCUT2D eigenvalue weighted by atomic mass is 10.2. The first kappa shape index (κ1) is 15.7. The maximum Gasteiger partial charge on any atom is 0.205 e. The van der Waals surface area contributed by atoms with E-state index in [1.807, 2.05) is 25.6 Å². The van der Waals surface area contributed by atoms with Crippen molar-refractivity contribution in [3.63, 3.8) is 0 Å². The molecule has 1 saturated carbocycles. The fourth-order valence-corrected chi connectivity index (χ4v) is 3.99. The Morgan fingerprint density at radius 1 is 1.00 bits per heavy atom. The Balaban J connectivity index is 1.27. The largest absolute Gasteiger partial charge is 0.352 e. The van der Waals surface area contributed by atoms with Crippen molar-refractivity contribution in [3.8, 4) is 11.3 Å². The summed E-state index contributed by atoms with van der Waals surface area (Å²) in [5, 5.41) is 5.27. The minimum absolute atomic E-state index is 0.617. The first-order valence-electron chi connectivity index (χ1n) is 8.91. The lowest BCUT2D eigenvalue weighted by Gasteiger charge is -2.34. The van der Waals surface area contributed by atoms with Crippen molar-refractivity contribution < 1.29 is 0 Å². The van der Waals surface area contributed by atoms with Crippen LogP contribution in [0.15, 0.2) is 24.8 Å². The summed E-state index contributed by atoms with van der Waals surface area (Å²) >= 11 is 1.53. The molecule has 0 N–H and O–H groups in total. The van der Waals surface area contributed by atoms with E-state index >= 15 is 0 Å². The van der Waals surface area contributed by atoms with Crippen LogP contribution in [0.1, 0.15) is 24.6 Å². The Bertz CT molecular complexity index is 907. The molecule has 1 aliphatic carbocycles. The van der Waals surface area contributed by atoms with Gasteiger partial charge in [-0.3, -0.25) is 9.67 Å². The van der Waals surface area contributed by atoms with E-state index in [-0.39, 0.29) is 0 Å². The topological polar surface area (TPSA) is 75.9 Å². The van der Waals surface area contributed by atoms with Crippen molar-refractivity contribution in [2.45, 2.75) is 18.8 Å². The predicted octanol–water partition coefficient (Wildman–Crippen LogP) is 1.93. The van der Waals surface area contributed by atoms with E-state index in [2.05, 4.69) is 24.3 Å². The van der Waals surface area contributed by atoms with E-state index in [1.54, 1.807) is 10.9 Å². The summed E-state index contributed by atoms with van der Waals surface area (Å²) in [4.78, 5) is 18.5. The highest BCUT2D eigenvalue weighted by Crippen LogP contribution is 2.39. The molecule has 0 aromatic carbocycles. The van der Waals surface area contributed by atoms with Gasteiger partial charge in [0.25, 0.3) is 0 Å². The Morgan fingerprint density at radius 3 is 2.54 bits per heavy atom. The van der Waals surface area contributed by atoms with E-state index in [4.69, 9.17) is 9.97 Å². The van der Waals surface area contributed by atoms with Gasteiger partial charge >= 0.3 is 0 Å². The fraction of sp³-hybridized carbons (Fsp3) is 0.471. The number of anilines is 2. The molecule has 0 unspecified atom stereocenters. The Kier molecular flexibility index (Phi) is 3.81. The van der Waals surface area contributed by atoms with E-state index in [1.165, 1.54) is 24.4 Å². The summed E-state index contributed by atoms with van der Waals surface area (Å²) in [5.74, 6) is 2.58. The van der Waals surface area contributed by atoms with Crippen LogP contribution in [-0.4, -0.2) is 55.3 Å². The van der Waals surface area contributed by atoms with Crippen molar-refractivity contribution in [2.75, 3.05) is 36.0 Å². The highest BCUT2D eigenvalue weighted by molar-refractivity contribution is 7.09. The molecule has 2 fully saturated rings. The molecule has 0 amide bonds. The maximum atomic E-state index is 4.78. The summed E-state index contributed by atoms with van der Waals surface area (Å²) < 4.78 is 6.30. The molecule has 0 bridgehead atoms. The molecule has 3 aromatic heterocycles. The van der Waals surface area contributed by atoms with Gasteiger partial charge in [-0.15, -0.1) is 0 Å². The van der Waals surface area contributed by atoms with Gasteiger partial charge in [0.1, 0.15) is 11.6 Å². The van der Waals surface area contributed by atoms with Crippen LogP contribution in [0.4, 0.5) is 10.9 Å².